The van der Waals surface area contributed by atoms with E-state index in [-0.39, 0.29) is 23.9 Å². The van der Waals surface area contributed by atoms with Crippen molar-refractivity contribution in [2.75, 3.05) is 10.6 Å². The van der Waals surface area contributed by atoms with Gasteiger partial charge in [0.2, 0.25) is 11.8 Å². The van der Waals surface area contributed by atoms with Crippen molar-refractivity contribution in [2.24, 2.45) is 0 Å². The number of rotatable bonds is 4. The van der Waals surface area contributed by atoms with Gasteiger partial charge in [-0.05, 0) is 42.8 Å². The third kappa shape index (κ3) is 3.77. The number of aryl methyl sites for hydroxylation is 1. The van der Waals surface area contributed by atoms with Crippen LogP contribution in [0, 0.1) is 6.92 Å². The van der Waals surface area contributed by atoms with E-state index in [0.717, 1.165) is 5.56 Å². The van der Waals surface area contributed by atoms with Crippen molar-refractivity contribution in [3.63, 3.8) is 0 Å². The minimum absolute atomic E-state index is 0.136. The molecule has 0 aliphatic carbocycles. The van der Waals surface area contributed by atoms with Gasteiger partial charge in [0.05, 0.1) is 17.2 Å². The molecule has 3 rings (SSSR count). The van der Waals surface area contributed by atoms with E-state index >= 15 is 0 Å². The zero-order valence-electron chi connectivity index (χ0n) is 14.4. The molecular formula is C19H18N4O3. The predicted molar refractivity (Wildman–Crippen MR) is 100 cm³/mol. The van der Waals surface area contributed by atoms with Crippen LogP contribution in [0.25, 0.3) is 10.9 Å². The van der Waals surface area contributed by atoms with Crippen LogP contribution in [-0.2, 0) is 16.1 Å². The molecular weight excluding hydrogens is 332 g/mol. The van der Waals surface area contributed by atoms with Crippen LogP contribution in [0.3, 0.4) is 0 Å². The van der Waals surface area contributed by atoms with E-state index in [1.807, 2.05) is 6.92 Å². The van der Waals surface area contributed by atoms with Crippen LogP contribution in [0.1, 0.15) is 12.5 Å². The summed E-state index contributed by atoms with van der Waals surface area (Å²) in [4.78, 5) is 40.0. The number of carbonyl (C=O) groups is 2. The molecule has 2 N–H and O–H groups in total. The predicted octanol–water partition coefficient (Wildman–Crippen LogP) is 2.30. The minimum Gasteiger partial charge on any atom is -0.326 e. The summed E-state index contributed by atoms with van der Waals surface area (Å²) in [6.07, 6.45) is 1.37. The Balaban J connectivity index is 1.75. The second-order valence-corrected chi connectivity index (χ2v) is 5.95. The normalized spacial score (nSPS) is 10.5. The minimum atomic E-state index is -0.337. The number of anilines is 2. The van der Waals surface area contributed by atoms with Gasteiger partial charge >= 0.3 is 0 Å². The Morgan fingerprint density at radius 2 is 1.88 bits per heavy atom. The van der Waals surface area contributed by atoms with Crippen LogP contribution in [0.5, 0.6) is 0 Å². The molecule has 2 amide bonds. The van der Waals surface area contributed by atoms with Gasteiger partial charge < -0.3 is 10.6 Å². The first-order valence-electron chi connectivity index (χ1n) is 8.06. The number of nitrogens with one attached hydrogen (secondary N) is 2. The van der Waals surface area contributed by atoms with E-state index in [4.69, 9.17) is 0 Å². The smallest absolute Gasteiger partial charge is 0.261 e. The molecule has 3 aromatic rings. The first-order chi connectivity index (χ1) is 12.4. The van der Waals surface area contributed by atoms with E-state index in [9.17, 15) is 14.4 Å². The lowest BCUT2D eigenvalue weighted by molar-refractivity contribution is -0.117. The second-order valence-electron chi connectivity index (χ2n) is 5.95. The molecule has 132 valence electrons. The first kappa shape index (κ1) is 17.3. The number of hydrogen-bond acceptors (Lipinski definition) is 4. The lowest BCUT2D eigenvalue weighted by atomic mass is 10.1. The van der Waals surface area contributed by atoms with Gasteiger partial charge in [-0.25, -0.2) is 4.98 Å². The standard InChI is InChI=1S/C19H18N4O3/c1-12-9-14(7-8-16(12)21-13(2)24)22-18(25)10-23-11-20-17-6-4-3-5-15(17)19(23)26/h3-9,11H,10H2,1-2H3,(H,21,24)(H,22,25). The van der Waals surface area contributed by atoms with Crippen LogP contribution in [0.4, 0.5) is 11.4 Å². The largest absolute Gasteiger partial charge is 0.326 e. The van der Waals surface area contributed by atoms with Crippen molar-refractivity contribution < 1.29 is 9.59 Å². The quantitative estimate of drug-likeness (QED) is 0.755. The number of para-hydroxylation sites is 1. The number of fused-ring (bicyclic) bond motifs is 1. The lowest BCUT2D eigenvalue weighted by Crippen LogP contribution is -2.27. The second kappa shape index (κ2) is 7.18. The van der Waals surface area contributed by atoms with Gasteiger partial charge in [-0.2, -0.15) is 0 Å². The zero-order valence-corrected chi connectivity index (χ0v) is 14.4. The summed E-state index contributed by atoms with van der Waals surface area (Å²) in [5.41, 5.74) is 2.43. The maximum absolute atomic E-state index is 12.4. The van der Waals surface area contributed by atoms with E-state index in [2.05, 4.69) is 15.6 Å². The lowest BCUT2D eigenvalue weighted by Gasteiger charge is -2.11. The van der Waals surface area contributed by atoms with Gasteiger partial charge in [-0.1, -0.05) is 12.1 Å². The van der Waals surface area contributed by atoms with E-state index in [1.54, 1.807) is 42.5 Å². The molecule has 7 heteroatoms. The molecule has 26 heavy (non-hydrogen) atoms. The summed E-state index contributed by atoms with van der Waals surface area (Å²) < 4.78 is 1.27. The summed E-state index contributed by atoms with van der Waals surface area (Å²) in [7, 11) is 0. The molecule has 1 heterocycles. The molecule has 7 nitrogen and oxygen atoms in total. The Morgan fingerprint density at radius 1 is 1.12 bits per heavy atom. The van der Waals surface area contributed by atoms with Crippen molar-refractivity contribution in [3.05, 3.63) is 64.7 Å². The Labute approximate surface area is 149 Å². The van der Waals surface area contributed by atoms with Crippen LogP contribution in [0.2, 0.25) is 0 Å². The number of benzene rings is 2. The van der Waals surface area contributed by atoms with Crippen LogP contribution in [0.15, 0.2) is 53.6 Å². The van der Waals surface area contributed by atoms with E-state index in [1.165, 1.54) is 17.8 Å². The summed E-state index contributed by atoms with van der Waals surface area (Å²) in [5.74, 6) is -0.496. The van der Waals surface area contributed by atoms with Gasteiger partial charge in [0.1, 0.15) is 6.54 Å². The summed E-state index contributed by atoms with van der Waals surface area (Å²) in [6, 6.07) is 12.2. The molecule has 2 aromatic carbocycles. The highest BCUT2D eigenvalue weighted by molar-refractivity contribution is 5.93. The fraction of sp³-hybridized carbons (Fsp3) is 0.158. The van der Waals surface area contributed by atoms with Crippen molar-refractivity contribution in [1.29, 1.82) is 0 Å². The van der Waals surface area contributed by atoms with Gasteiger partial charge in [-0.3, -0.25) is 19.0 Å². The Bertz CT molecular complexity index is 1060. The summed E-state index contributed by atoms with van der Waals surface area (Å²) >= 11 is 0. The molecule has 1 aromatic heterocycles. The maximum atomic E-state index is 12.4. The highest BCUT2D eigenvalue weighted by Gasteiger charge is 2.09. The topological polar surface area (TPSA) is 93.1 Å². The number of hydrogen-bond donors (Lipinski definition) is 2. The van der Waals surface area contributed by atoms with Crippen molar-refractivity contribution in [3.8, 4) is 0 Å². The molecule has 0 saturated carbocycles. The number of aromatic nitrogens is 2. The Morgan fingerprint density at radius 3 is 2.62 bits per heavy atom. The van der Waals surface area contributed by atoms with Crippen LogP contribution >= 0.6 is 0 Å². The molecule has 0 unspecified atom stereocenters. The Hall–Kier alpha value is -3.48. The van der Waals surface area contributed by atoms with Gasteiger partial charge in [0.15, 0.2) is 0 Å². The monoisotopic (exact) mass is 350 g/mol. The Kier molecular flexibility index (Phi) is 4.79. The number of nitrogens with zero attached hydrogens (tertiary/aromatic N) is 2. The highest BCUT2D eigenvalue weighted by atomic mass is 16.2. The van der Waals surface area contributed by atoms with Gasteiger partial charge in [0.25, 0.3) is 5.56 Å². The molecule has 0 atom stereocenters. The van der Waals surface area contributed by atoms with Gasteiger partial charge in [-0.15, -0.1) is 0 Å². The fourth-order valence-corrected chi connectivity index (χ4v) is 2.65. The number of amides is 2. The number of carbonyl (C=O) groups excluding carboxylic acids is 2. The average Bonchev–Trinajstić information content (AvgIpc) is 2.60. The molecule has 0 saturated heterocycles. The molecule has 0 spiro atoms. The van der Waals surface area contributed by atoms with Crippen molar-refractivity contribution in [2.45, 2.75) is 20.4 Å². The highest BCUT2D eigenvalue weighted by Crippen LogP contribution is 2.19. The third-order valence-electron chi connectivity index (χ3n) is 3.87. The van der Waals surface area contributed by atoms with Crippen LogP contribution in [-0.4, -0.2) is 21.4 Å². The van der Waals surface area contributed by atoms with E-state index < -0.39 is 0 Å². The molecule has 0 fully saturated rings. The third-order valence-corrected chi connectivity index (χ3v) is 3.87. The van der Waals surface area contributed by atoms with Crippen molar-refractivity contribution >= 4 is 34.1 Å². The van der Waals surface area contributed by atoms with Gasteiger partial charge in [0, 0.05) is 18.3 Å². The zero-order chi connectivity index (χ0) is 18.7. The molecule has 0 radical (unpaired) electrons. The first-order valence-corrected chi connectivity index (χ1v) is 8.06. The van der Waals surface area contributed by atoms with E-state index in [0.29, 0.717) is 22.3 Å². The van der Waals surface area contributed by atoms with Crippen LogP contribution < -0.4 is 16.2 Å². The summed E-state index contributed by atoms with van der Waals surface area (Å²) in [6.45, 7) is 3.13. The van der Waals surface area contributed by atoms with Crippen molar-refractivity contribution in [1.82, 2.24) is 9.55 Å². The summed E-state index contributed by atoms with van der Waals surface area (Å²) in [5, 5.41) is 5.93. The maximum Gasteiger partial charge on any atom is 0.261 e. The SMILES string of the molecule is CC(=O)Nc1ccc(NC(=O)Cn2cnc3ccccc3c2=O)cc1C. The molecule has 0 aliphatic heterocycles. The fourth-order valence-electron chi connectivity index (χ4n) is 2.65. The molecule has 0 bridgehead atoms. The average molecular weight is 350 g/mol. The molecule has 0 aliphatic rings.